The standard InChI is InChI=1S/C12H9Cl2N3O3/c13-7-1-2-9(8(14)5-7)15-11(18)6-17-4-3-10(16-17)12(19)20/h1-5H,6H2,(H,15,18)(H,19,20). The second kappa shape index (κ2) is 5.94. The lowest BCUT2D eigenvalue weighted by molar-refractivity contribution is -0.116. The zero-order valence-electron chi connectivity index (χ0n) is 10.0. The number of amides is 1. The zero-order chi connectivity index (χ0) is 14.7. The van der Waals surface area contributed by atoms with Gasteiger partial charge in [-0.3, -0.25) is 9.48 Å². The molecule has 1 heterocycles. The molecule has 0 aliphatic heterocycles. The molecule has 1 aromatic carbocycles. The summed E-state index contributed by atoms with van der Waals surface area (Å²) in [6.45, 7) is -0.119. The van der Waals surface area contributed by atoms with Crippen molar-refractivity contribution >= 4 is 40.8 Å². The fourth-order valence-electron chi connectivity index (χ4n) is 1.49. The molecule has 0 spiro atoms. The van der Waals surface area contributed by atoms with Gasteiger partial charge in [-0.1, -0.05) is 23.2 Å². The Labute approximate surface area is 123 Å². The van der Waals surface area contributed by atoms with Crippen LogP contribution in [-0.2, 0) is 11.3 Å². The summed E-state index contributed by atoms with van der Waals surface area (Å²) in [6, 6.07) is 5.99. The van der Waals surface area contributed by atoms with Crippen molar-refractivity contribution in [1.29, 1.82) is 0 Å². The summed E-state index contributed by atoms with van der Waals surface area (Å²) in [5.74, 6) is -1.53. The van der Waals surface area contributed by atoms with Crippen LogP contribution in [0, 0.1) is 0 Å². The molecule has 2 rings (SSSR count). The van der Waals surface area contributed by atoms with Crippen molar-refractivity contribution in [2.45, 2.75) is 6.54 Å². The van der Waals surface area contributed by atoms with E-state index in [1.54, 1.807) is 12.1 Å². The average Bonchev–Trinajstić information content (AvgIpc) is 2.81. The molecule has 1 aromatic heterocycles. The first-order chi connectivity index (χ1) is 9.45. The number of anilines is 1. The van der Waals surface area contributed by atoms with Crippen LogP contribution in [0.2, 0.25) is 10.0 Å². The predicted molar refractivity (Wildman–Crippen MR) is 74.3 cm³/mol. The maximum Gasteiger partial charge on any atom is 0.356 e. The van der Waals surface area contributed by atoms with Gasteiger partial charge in [-0.25, -0.2) is 4.79 Å². The third-order valence-corrected chi connectivity index (χ3v) is 2.92. The Kier molecular flexibility index (Phi) is 4.26. The van der Waals surface area contributed by atoms with Crippen molar-refractivity contribution in [3.8, 4) is 0 Å². The summed E-state index contributed by atoms with van der Waals surface area (Å²) in [5.41, 5.74) is 0.300. The van der Waals surface area contributed by atoms with Crippen molar-refractivity contribution in [2.75, 3.05) is 5.32 Å². The largest absolute Gasteiger partial charge is 0.476 e. The molecular weight excluding hydrogens is 305 g/mol. The molecule has 0 unspecified atom stereocenters. The molecule has 1 amide bonds. The van der Waals surface area contributed by atoms with E-state index in [2.05, 4.69) is 10.4 Å². The van der Waals surface area contributed by atoms with Crippen LogP contribution in [0.3, 0.4) is 0 Å². The highest BCUT2D eigenvalue weighted by molar-refractivity contribution is 6.36. The van der Waals surface area contributed by atoms with E-state index in [9.17, 15) is 9.59 Å². The van der Waals surface area contributed by atoms with Gasteiger partial charge in [0.25, 0.3) is 0 Å². The van der Waals surface area contributed by atoms with Crippen LogP contribution >= 0.6 is 23.2 Å². The van der Waals surface area contributed by atoms with Gasteiger partial charge in [-0.15, -0.1) is 0 Å². The molecule has 0 bridgehead atoms. The van der Waals surface area contributed by atoms with E-state index in [4.69, 9.17) is 28.3 Å². The van der Waals surface area contributed by atoms with E-state index in [0.717, 1.165) is 0 Å². The second-order valence-electron chi connectivity index (χ2n) is 3.88. The number of hydrogen-bond donors (Lipinski definition) is 2. The van der Waals surface area contributed by atoms with E-state index in [1.165, 1.54) is 23.0 Å². The van der Waals surface area contributed by atoms with Crippen LogP contribution in [0.5, 0.6) is 0 Å². The number of rotatable bonds is 4. The Balaban J connectivity index is 2.03. The number of aromatic carboxylic acids is 1. The molecule has 0 fully saturated rings. The number of nitrogens with one attached hydrogen (secondary N) is 1. The lowest BCUT2D eigenvalue weighted by atomic mass is 10.3. The van der Waals surface area contributed by atoms with Crippen molar-refractivity contribution < 1.29 is 14.7 Å². The maximum atomic E-state index is 11.8. The highest BCUT2D eigenvalue weighted by atomic mass is 35.5. The third kappa shape index (κ3) is 3.49. The minimum Gasteiger partial charge on any atom is -0.476 e. The Hall–Kier alpha value is -2.05. The molecule has 6 nitrogen and oxygen atoms in total. The van der Waals surface area contributed by atoms with Gasteiger partial charge >= 0.3 is 5.97 Å². The van der Waals surface area contributed by atoms with Crippen LogP contribution in [0.1, 0.15) is 10.5 Å². The van der Waals surface area contributed by atoms with Crippen molar-refractivity contribution in [2.24, 2.45) is 0 Å². The SMILES string of the molecule is O=C(Cn1ccc(C(=O)O)n1)Nc1ccc(Cl)cc1Cl. The number of carbonyl (C=O) groups is 2. The number of carboxylic acids is 1. The molecule has 2 N–H and O–H groups in total. The Bertz CT molecular complexity index is 670. The number of benzene rings is 1. The smallest absolute Gasteiger partial charge is 0.356 e. The molecule has 104 valence electrons. The second-order valence-corrected chi connectivity index (χ2v) is 4.72. The fourth-order valence-corrected chi connectivity index (χ4v) is 1.95. The molecule has 2 aromatic rings. The first-order valence-electron chi connectivity index (χ1n) is 5.47. The number of halogens is 2. The zero-order valence-corrected chi connectivity index (χ0v) is 11.5. The summed E-state index contributed by atoms with van der Waals surface area (Å²) >= 11 is 11.7. The first-order valence-corrected chi connectivity index (χ1v) is 6.23. The topological polar surface area (TPSA) is 84.2 Å². The van der Waals surface area contributed by atoms with E-state index in [1.807, 2.05) is 0 Å². The number of carbonyl (C=O) groups excluding carboxylic acids is 1. The Morgan fingerprint density at radius 1 is 1.30 bits per heavy atom. The van der Waals surface area contributed by atoms with Gasteiger partial charge in [-0.05, 0) is 24.3 Å². The fraction of sp³-hybridized carbons (Fsp3) is 0.0833. The summed E-state index contributed by atoms with van der Waals surface area (Å²) in [6.07, 6.45) is 1.41. The van der Waals surface area contributed by atoms with E-state index in [-0.39, 0.29) is 18.1 Å². The maximum absolute atomic E-state index is 11.8. The number of carboxylic acid groups (broad SMARTS) is 1. The van der Waals surface area contributed by atoms with Gasteiger partial charge in [-0.2, -0.15) is 5.10 Å². The van der Waals surface area contributed by atoms with Gasteiger partial charge in [0.05, 0.1) is 10.7 Å². The van der Waals surface area contributed by atoms with Crippen molar-refractivity contribution in [3.63, 3.8) is 0 Å². The molecule has 0 saturated carbocycles. The van der Waals surface area contributed by atoms with Crippen LogP contribution in [0.15, 0.2) is 30.5 Å². The number of aromatic nitrogens is 2. The van der Waals surface area contributed by atoms with Crippen LogP contribution < -0.4 is 5.32 Å². The minimum atomic E-state index is -1.15. The van der Waals surface area contributed by atoms with E-state index >= 15 is 0 Å². The molecule has 20 heavy (non-hydrogen) atoms. The van der Waals surface area contributed by atoms with Crippen molar-refractivity contribution in [1.82, 2.24) is 9.78 Å². The Morgan fingerprint density at radius 3 is 2.65 bits per heavy atom. The molecule has 0 saturated heterocycles. The predicted octanol–water partition coefficient (Wildman–Crippen LogP) is 2.53. The average molecular weight is 314 g/mol. The number of nitrogens with zero attached hydrogens (tertiary/aromatic N) is 2. The van der Waals surface area contributed by atoms with Crippen molar-refractivity contribution in [3.05, 3.63) is 46.2 Å². The number of hydrogen-bond acceptors (Lipinski definition) is 3. The summed E-state index contributed by atoms with van der Waals surface area (Å²) in [5, 5.41) is 15.8. The van der Waals surface area contributed by atoms with Crippen LogP contribution in [0.4, 0.5) is 5.69 Å². The normalized spacial score (nSPS) is 10.3. The van der Waals surface area contributed by atoms with E-state index in [0.29, 0.717) is 15.7 Å². The molecule has 0 aliphatic carbocycles. The molecule has 0 atom stereocenters. The quantitative estimate of drug-likeness (QED) is 0.908. The molecule has 0 radical (unpaired) electrons. The van der Waals surface area contributed by atoms with Gasteiger partial charge in [0, 0.05) is 11.2 Å². The molecular formula is C12H9Cl2N3O3. The lowest BCUT2D eigenvalue weighted by Crippen LogP contribution is -2.19. The van der Waals surface area contributed by atoms with Crippen LogP contribution in [-0.4, -0.2) is 26.8 Å². The highest BCUT2D eigenvalue weighted by Gasteiger charge is 2.10. The van der Waals surface area contributed by atoms with Gasteiger partial charge in [0.1, 0.15) is 6.54 Å². The minimum absolute atomic E-state index is 0.119. The first kappa shape index (κ1) is 14.4. The lowest BCUT2D eigenvalue weighted by Gasteiger charge is -2.07. The monoisotopic (exact) mass is 313 g/mol. The van der Waals surface area contributed by atoms with E-state index < -0.39 is 5.97 Å². The van der Waals surface area contributed by atoms with Gasteiger partial charge in [0.15, 0.2) is 5.69 Å². The molecule has 0 aliphatic rings. The summed E-state index contributed by atoms with van der Waals surface area (Å²) in [7, 11) is 0. The summed E-state index contributed by atoms with van der Waals surface area (Å²) in [4.78, 5) is 22.4. The summed E-state index contributed by atoms with van der Waals surface area (Å²) < 4.78 is 1.22. The Morgan fingerprint density at radius 2 is 2.05 bits per heavy atom. The van der Waals surface area contributed by atoms with Gasteiger partial charge < -0.3 is 10.4 Å². The van der Waals surface area contributed by atoms with Crippen LogP contribution in [0.25, 0.3) is 0 Å². The third-order valence-electron chi connectivity index (χ3n) is 2.37. The molecule has 8 heteroatoms. The van der Waals surface area contributed by atoms with Gasteiger partial charge in [0.2, 0.25) is 5.91 Å². The highest BCUT2D eigenvalue weighted by Crippen LogP contribution is 2.25.